The van der Waals surface area contributed by atoms with E-state index in [1.54, 1.807) is 13.0 Å². The van der Waals surface area contributed by atoms with Crippen molar-refractivity contribution in [2.45, 2.75) is 13.3 Å². The van der Waals surface area contributed by atoms with Crippen LogP contribution < -0.4 is 0 Å². The number of nitrogens with zero attached hydrogens (tertiary/aromatic N) is 1. The lowest BCUT2D eigenvalue weighted by Gasteiger charge is -1.99. The zero-order valence-corrected chi connectivity index (χ0v) is 8.32. The Balaban J connectivity index is 3.07. The molecule has 0 radical (unpaired) electrons. The molecule has 1 aromatic carbocycles. The monoisotopic (exact) mass is 207 g/mol. The van der Waals surface area contributed by atoms with Gasteiger partial charge in [-0.25, -0.2) is 4.39 Å². The van der Waals surface area contributed by atoms with Gasteiger partial charge in [-0.3, -0.25) is 0 Å². The normalized spacial score (nSPS) is 8.71. The highest BCUT2D eigenvalue weighted by molar-refractivity contribution is 6.31. The van der Waals surface area contributed by atoms with E-state index in [2.05, 4.69) is 11.8 Å². The highest BCUT2D eigenvalue weighted by Crippen LogP contribution is 2.19. The van der Waals surface area contributed by atoms with E-state index >= 15 is 0 Å². The molecule has 0 aromatic heterocycles. The summed E-state index contributed by atoms with van der Waals surface area (Å²) in [6.45, 7) is 1.78. The summed E-state index contributed by atoms with van der Waals surface area (Å²) in [5.41, 5.74) is 1.05. The molecule has 0 atom stereocenters. The van der Waals surface area contributed by atoms with Gasteiger partial charge in [-0.1, -0.05) is 23.4 Å². The number of halogens is 2. The smallest absolute Gasteiger partial charge is 0.140 e. The highest BCUT2D eigenvalue weighted by atomic mass is 35.5. The molecule has 3 heteroatoms. The van der Waals surface area contributed by atoms with Gasteiger partial charge >= 0.3 is 0 Å². The van der Waals surface area contributed by atoms with Crippen LogP contribution in [0.2, 0.25) is 5.02 Å². The Labute approximate surface area is 87.1 Å². The van der Waals surface area contributed by atoms with Crippen molar-refractivity contribution in [2.24, 2.45) is 0 Å². The van der Waals surface area contributed by atoms with Gasteiger partial charge < -0.3 is 0 Å². The quantitative estimate of drug-likeness (QED) is 0.600. The molecule has 14 heavy (non-hydrogen) atoms. The molecular formula is C11H7ClFN. The lowest BCUT2D eigenvalue weighted by molar-refractivity contribution is 0.624. The third kappa shape index (κ3) is 2.49. The van der Waals surface area contributed by atoms with Crippen molar-refractivity contribution in [2.75, 3.05) is 0 Å². The van der Waals surface area contributed by atoms with Crippen LogP contribution in [0.15, 0.2) is 12.1 Å². The molecule has 0 fully saturated rings. The molecule has 0 aliphatic carbocycles. The lowest BCUT2D eigenvalue weighted by atomic mass is 10.1. The molecule has 0 unspecified atom stereocenters. The van der Waals surface area contributed by atoms with E-state index in [1.807, 2.05) is 6.07 Å². The summed E-state index contributed by atoms with van der Waals surface area (Å²) in [7, 11) is 0. The van der Waals surface area contributed by atoms with E-state index in [1.165, 1.54) is 6.07 Å². The molecule has 70 valence electrons. The molecular weight excluding hydrogens is 201 g/mol. The molecule has 0 heterocycles. The SMILES string of the molecule is Cc1cc(C#CCC#N)c(F)cc1Cl. The molecule has 1 nitrogen and oxygen atoms in total. The molecule has 0 saturated carbocycles. The Morgan fingerprint density at radius 2 is 2.21 bits per heavy atom. The van der Waals surface area contributed by atoms with Crippen molar-refractivity contribution in [3.63, 3.8) is 0 Å². The first kappa shape index (κ1) is 10.6. The van der Waals surface area contributed by atoms with Crippen LogP contribution in [0, 0.1) is 35.9 Å². The van der Waals surface area contributed by atoms with Gasteiger partial charge in [-0.05, 0) is 24.6 Å². The second kappa shape index (κ2) is 4.65. The Kier molecular flexibility index (Phi) is 3.51. The minimum atomic E-state index is -0.453. The predicted octanol–water partition coefficient (Wildman–Crippen LogP) is 3.05. The van der Waals surface area contributed by atoms with Crippen molar-refractivity contribution >= 4 is 11.6 Å². The number of hydrogen-bond donors (Lipinski definition) is 0. The van der Waals surface area contributed by atoms with Gasteiger partial charge in [0, 0.05) is 5.02 Å². The first-order valence-corrected chi connectivity index (χ1v) is 4.34. The summed E-state index contributed by atoms with van der Waals surface area (Å²) < 4.78 is 13.2. The van der Waals surface area contributed by atoms with Crippen LogP contribution in [-0.2, 0) is 0 Å². The molecule has 0 aliphatic rings. The van der Waals surface area contributed by atoms with Crippen LogP contribution in [0.1, 0.15) is 17.5 Å². The topological polar surface area (TPSA) is 23.8 Å². The van der Waals surface area contributed by atoms with Gasteiger partial charge in [0.2, 0.25) is 0 Å². The largest absolute Gasteiger partial charge is 0.206 e. The molecule has 1 aromatic rings. The predicted molar refractivity (Wildman–Crippen MR) is 53.3 cm³/mol. The second-order valence-corrected chi connectivity index (χ2v) is 3.13. The van der Waals surface area contributed by atoms with Crippen LogP contribution in [-0.4, -0.2) is 0 Å². The third-order valence-corrected chi connectivity index (χ3v) is 2.05. The molecule has 0 spiro atoms. The summed E-state index contributed by atoms with van der Waals surface area (Å²) in [6, 6.07) is 4.66. The zero-order valence-electron chi connectivity index (χ0n) is 7.56. The average molecular weight is 208 g/mol. The van der Waals surface area contributed by atoms with Crippen LogP contribution >= 0.6 is 11.6 Å². The first-order valence-electron chi connectivity index (χ1n) is 3.96. The maximum absolute atomic E-state index is 13.2. The van der Waals surface area contributed by atoms with Gasteiger partial charge in [0.05, 0.1) is 18.1 Å². The van der Waals surface area contributed by atoms with Crippen molar-refractivity contribution in [1.82, 2.24) is 0 Å². The van der Waals surface area contributed by atoms with Crippen LogP contribution in [0.25, 0.3) is 0 Å². The fraction of sp³-hybridized carbons (Fsp3) is 0.182. The minimum Gasteiger partial charge on any atom is -0.206 e. The molecule has 0 bridgehead atoms. The summed E-state index contributed by atoms with van der Waals surface area (Å²) in [4.78, 5) is 0. The number of hydrogen-bond acceptors (Lipinski definition) is 1. The summed E-state index contributed by atoms with van der Waals surface area (Å²) in [5.74, 6) is 4.67. The van der Waals surface area contributed by atoms with E-state index in [0.29, 0.717) is 5.02 Å². The molecule has 0 aliphatic heterocycles. The molecule has 0 amide bonds. The van der Waals surface area contributed by atoms with Crippen LogP contribution in [0.3, 0.4) is 0 Å². The van der Waals surface area contributed by atoms with E-state index in [4.69, 9.17) is 16.9 Å². The van der Waals surface area contributed by atoms with Gasteiger partial charge in [-0.2, -0.15) is 5.26 Å². The summed E-state index contributed by atoms with van der Waals surface area (Å²) in [5, 5.41) is 8.63. The summed E-state index contributed by atoms with van der Waals surface area (Å²) >= 11 is 5.71. The first-order chi connectivity index (χ1) is 6.65. The Morgan fingerprint density at radius 1 is 1.50 bits per heavy atom. The van der Waals surface area contributed by atoms with Crippen molar-refractivity contribution in [1.29, 1.82) is 5.26 Å². The van der Waals surface area contributed by atoms with Crippen molar-refractivity contribution in [3.05, 3.63) is 34.1 Å². The standard InChI is InChI=1S/C11H7ClFN/c1-8-6-9(4-2-3-5-14)11(13)7-10(8)12/h6-7H,3H2,1H3. The van der Waals surface area contributed by atoms with Gasteiger partial charge in [-0.15, -0.1) is 0 Å². The van der Waals surface area contributed by atoms with Gasteiger partial charge in [0.25, 0.3) is 0 Å². The maximum atomic E-state index is 13.2. The van der Waals surface area contributed by atoms with Crippen molar-refractivity contribution in [3.8, 4) is 17.9 Å². The van der Waals surface area contributed by atoms with E-state index in [-0.39, 0.29) is 12.0 Å². The minimum absolute atomic E-state index is 0.0983. The molecule has 0 saturated heterocycles. The van der Waals surface area contributed by atoms with Gasteiger partial charge in [0.15, 0.2) is 0 Å². The van der Waals surface area contributed by atoms with Crippen LogP contribution in [0.5, 0.6) is 0 Å². The number of rotatable bonds is 0. The van der Waals surface area contributed by atoms with E-state index < -0.39 is 5.82 Å². The fourth-order valence-electron chi connectivity index (χ4n) is 0.932. The third-order valence-electron chi connectivity index (χ3n) is 1.64. The Morgan fingerprint density at radius 3 is 2.86 bits per heavy atom. The van der Waals surface area contributed by atoms with Gasteiger partial charge in [0.1, 0.15) is 5.82 Å². The van der Waals surface area contributed by atoms with E-state index in [9.17, 15) is 4.39 Å². The molecule has 0 N–H and O–H groups in total. The zero-order chi connectivity index (χ0) is 10.6. The molecule has 1 rings (SSSR count). The average Bonchev–Trinajstić information content (AvgIpc) is 2.14. The van der Waals surface area contributed by atoms with Crippen LogP contribution in [0.4, 0.5) is 4.39 Å². The summed E-state index contributed by atoms with van der Waals surface area (Å²) in [6.07, 6.45) is 0.0983. The van der Waals surface area contributed by atoms with Crippen molar-refractivity contribution < 1.29 is 4.39 Å². The lowest BCUT2D eigenvalue weighted by Crippen LogP contribution is -1.86. The Bertz CT molecular complexity index is 449. The maximum Gasteiger partial charge on any atom is 0.140 e. The number of nitriles is 1. The highest BCUT2D eigenvalue weighted by Gasteiger charge is 2.02. The Hall–Kier alpha value is -1.51. The number of aryl methyl sites for hydroxylation is 1. The van der Waals surface area contributed by atoms with E-state index in [0.717, 1.165) is 5.56 Å². The number of benzene rings is 1. The second-order valence-electron chi connectivity index (χ2n) is 2.72. The fourth-order valence-corrected chi connectivity index (χ4v) is 1.08.